The number of carbonyl (C=O) groups excluding carboxylic acids is 1. The van der Waals surface area contributed by atoms with Crippen molar-refractivity contribution in [3.8, 4) is 0 Å². The Morgan fingerprint density at radius 2 is 1.67 bits per heavy atom. The molecule has 0 aliphatic heterocycles. The van der Waals surface area contributed by atoms with E-state index in [4.69, 9.17) is 0 Å². The second-order valence-electron chi connectivity index (χ2n) is 7.40. The number of rotatable bonds is 4. The van der Waals surface area contributed by atoms with Crippen molar-refractivity contribution < 1.29 is 14.7 Å². The highest BCUT2D eigenvalue weighted by Crippen LogP contribution is 2.74. The molecule has 1 aliphatic rings. The number of benzene rings is 1. The summed E-state index contributed by atoms with van der Waals surface area (Å²) in [5.41, 5.74) is 1.65. The molecule has 0 atom stereocenters. The molecule has 1 saturated carbocycles. The highest BCUT2D eigenvalue weighted by Gasteiger charge is 2.66. The monoisotopic (exact) mass is 343 g/mol. The summed E-state index contributed by atoms with van der Waals surface area (Å²) in [4.78, 5) is 24.2. The predicted molar refractivity (Wildman–Crippen MR) is 96.0 cm³/mol. The van der Waals surface area contributed by atoms with E-state index < -0.39 is 5.97 Å². The van der Waals surface area contributed by atoms with Crippen molar-refractivity contribution in [1.29, 1.82) is 0 Å². The number of anilines is 1. The van der Waals surface area contributed by atoms with Gasteiger partial charge in [-0.15, -0.1) is 11.3 Å². The Kier molecular flexibility index (Phi) is 3.79. The molecule has 24 heavy (non-hydrogen) atoms. The third-order valence-corrected chi connectivity index (χ3v) is 6.54. The van der Waals surface area contributed by atoms with Gasteiger partial charge in [-0.05, 0) is 39.8 Å². The zero-order valence-electron chi connectivity index (χ0n) is 14.2. The first kappa shape index (κ1) is 16.7. The maximum absolute atomic E-state index is 12.3. The molecule has 2 N–H and O–H groups in total. The van der Waals surface area contributed by atoms with Gasteiger partial charge in [0.05, 0.1) is 5.56 Å². The van der Waals surface area contributed by atoms with E-state index >= 15 is 0 Å². The molecule has 2 aromatic rings. The molecule has 1 aromatic heterocycles. The molecule has 0 unspecified atom stereocenters. The van der Waals surface area contributed by atoms with E-state index in [0.29, 0.717) is 10.6 Å². The molecule has 1 aliphatic carbocycles. The molecule has 126 valence electrons. The largest absolute Gasteiger partial charge is 0.478 e. The van der Waals surface area contributed by atoms with Gasteiger partial charge in [0.15, 0.2) is 0 Å². The first-order valence-electron chi connectivity index (χ1n) is 7.89. The molecule has 0 spiro atoms. The van der Waals surface area contributed by atoms with Crippen LogP contribution in [-0.4, -0.2) is 17.0 Å². The average molecular weight is 343 g/mol. The van der Waals surface area contributed by atoms with Gasteiger partial charge < -0.3 is 10.4 Å². The van der Waals surface area contributed by atoms with E-state index in [9.17, 15) is 14.7 Å². The van der Waals surface area contributed by atoms with Gasteiger partial charge in [0.2, 0.25) is 0 Å². The number of hydrogen-bond acceptors (Lipinski definition) is 3. The van der Waals surface area contributed by atoms with E-state index in [2.05, 4.69) is 33.0 Å². The normalized spacial score (nSPS) is 18.2. The summed E-state index contributed by atoms with van der Waals surface area (Å²) in [7, 11) is 0. The minimum absolute atomic E-state index is 0.0407. The van der Waals surface area contributed by atoms with E-state index in [1.165, 1.54) is 11.3 Å². The highest BCUT2D eigenvalue weighted by atomic mass is 32.1. The zero-order valence-corrected chi connectivity index (χ0v) is 15.0. The Morgan fingerprint density at radius 3 is 2.17 bits per heavy atom. The summed E-state index contributed by atoms with van der Waals surface area (Å²) in [6, 6.07) is 8.80. The number of amides is 1. The Labute approximate surface area is 145 Å². The van der Waals surface area contributed by atoms with E-state index in [0.717, 1.165) is 5.56 Å². The van der Waals surface area contributed by atoms with Crippen molar-refractivity contribution in [2.24, 2.45) is 10.8 Å². The summed E-state index contributed by atoms with van der Waals surface area (Å²) in [5.74, 6) is -1.11. The Balaban J connectivity index is 1.94. The highest BCUT2D eigenvalue weighted by molar-refractivity contribution is 7.15. The summed E-state index contributed by atoms with van der Waals surface area (Å²) in [5, 5.41) is 14.7. The van der Waals surface area contributed by atoms with Gasteiger partial charge in [-0.3, -0.25) is 4.79 Å². The van der Waals surface area contributed by atoms with Crippen LogP contribution >= 0.6 is 11.3 Å². The lowest BCUT2D eigenvalue weighted by molar-refractivity contribution is 0.0697. The molecular formula is C19H21NO3S. The van der Waals surface area contributed by atoms with E-state index in [1.54, 1.807) is 24.3 Å². The van der Waals surface area contributed by atoms with Crippen LogP contribution in [0.25, 0.3) is 0 Å². The van der Waals surface area contributed by atoms with Crippen LogP contribution in [0.15, 0.2) is 35.7 Å². The summed E-state index contributed by atoms with van der Waals surface area (Å²) >= 11 is 1.28. The number of thiophene rings is 1. The molecule has 3 rings (SSSR count). The SMILES string of the molecule is CC1(C)C(c2csc(NC(=O)c3ccccc3)c2C(=O)O)C1(C)C. The number of hydrogen-bond donors (Lipinski definition) is 2. The number of carboxylic acid groups (broad SMARTS) is 1. The Morgan fingerprint density at radius 1 is 1.08 bits per heavy atom. The molecule has 1 aromatic carbocycles. The average Bonchev–Trinajstić information content (AvgIpc) is 2.81. The van der Waals surface area contributed by atoms with Gasteiger partial charge in [0, 0.05) is 5.56 Å². The quantitative estimate of drug-likeness (QED) is 0.834. The Hall–Kier alpha value is -2.14. The van der Waals surface area contributed by atoms with Gasteiger partial charge in [-0.25, -0.2) is 4.79 Å². The topological polar surface area (TPSA) is 66.4 Å². The van der Waals surface area contributed by atoms with Crippen LogP contribution in [0.2, 0.25) is 0 Å². The molecule has 1 heterocycles. The van der Waals surface area contributed by atoms with Crippen LogP contribution in [-0.2, 0) is 0 Å². The third kappa shape index (κ3) is 2.44. The minimum Gasteiger partial charge on any atom is -0.478 e. The van der Waals surface area contributed by atoms with Crippen LogP contribution in [0.5, 0.6) is 0 Å². The minimum atomic E-state index is -0.992. The summed E-state index contributed by atoms with van der Waals surface area (Å²) in [6.07, 6.45) is 0. The third-order valence-electron chi connectivity index (χ3n) is 5.63. The van der Waals surface area contributed by atoms with Gasteiger partial charge in [-0.1, -0.05) is 45.9 Å². The van der Waals surface area contributed by atoms with Gasteiger partial charge >= 0.3 is 5.97 Å². The predicted octanol–water partition coefficient (Wildman–Crippen LogP) is 4.85. The lowest BCUT2D eigenvalue weighted by atomic mass is 10.0. The summed E-state index contributed by atoms with van der Waals surface area (Å²) < 4.78 is 0. The van der Waals surface area contributed by atoms with Crippen molar-refractivity contribution in [1.82, 2.24) is 0 Å². The fourth-order valence-electron chi connectivity index (χ4n) is 3.63. The Bertz CT molecular complexity index is 791. The second-order valence-corrected chi connectivity index (χ2v) is 8.28. The second kappa shape index (κ2) is 5.45. The molecule has 4 nitrogen and oxygen atoms in total. The smallest absolute Gasteiger partial charge is 0.339 e. The van der Waals surface area contributed by atoms with Crippen LogP contribution in [0.1, 0.15) is 59.9 Å². The number of carbonyl (C=O) groups is 2. The van der Waals surface area contributed by atoms with Crippen LogP contribution in [0.4, 0.5) is 5.00 Å². The number of carboxylic acids is 1. The lowest BCUT2D eigenvalue weighted by Gasteiger charge is -2.07. The van der Waals surface area contributed by atoms with Gasteiger partial charge in [0.25, 0.3) is 5.91 Å². The molecule has 0 bridgehead atoms. The molecule has 5 heteroatoms. The fourth-order valence-corrected chi connectivity index (χ4v) is 4.61. The van der Waals surface area contributed by atoms with Crippen molar-refractivity contribution in [2.75, 3.05) is 5.32 Å². The lowest BCUT2D eigenvalue weighted by Crippen LogP contribution is -2.13. The maximum Gasteiger partial charge on any atom is 0.339 e. The molecular weight excluding hydrogens is 322 g/mol. The molecule has 1 amide bonds. The maximum atomic E-state index is 12.3. The van der Waals surface area contributed by atoms with Crippen LogP contribution < -0.4 is 5.32 Å². The molecule has 1 fully saturated rings. The van der Waals surface area contributed by atoms with Crippen molar-refractivity contribution in [2.45, 2.75) is 33.6 Å². The number of nitrogens with one attached hydrogen (secondary N) is 1. The van der Waals surface area contributed by atoms with Crippen LogP contribution in [0.3, 0.4) is 0 Å². The van der Waals surface area contributed by atoms with E-state index in [1.807, 2.05) is 11.4 Å². The van der Waals surface area contributed by atoms with Crippen LogP contribution in [0, 0.1) is 10.8 Å². The summed E-state index contributed by atoms with van der Waals surface area (Å²) in [6.45, 7) is 8.62. The van der Waals surface area contributed by atoms with E-state index in [-0.39, 0.29) is 28.2 Å². The van der Waals surface area contributed by atoms with Gasteiger partial charge in [-0.2, -0.15) is 0 Å². The number of aromatic carboxylic acids is 1. The molecule has 0 saturated heterocycles. The van der Waals surface area contributed by atoms with Gasteiger partial charge in [0.1, 0.15) is 5.00 Å². The van der Waals surface area contributed by atoms with Crippen molar-refractivity contribution in [3.63, 3.8) is 0 Å². The van der Waals surface area contributed by atoms with Crippen molar-refractivity contribution >= 4 is 28.2 Å². The zero-order chi connectivity index (χ0) is 17.7. The molecule has 0 radical (unpaired) electrons. The first-order valence-corrected chi connectivity index (χ1v) is 8.77. The standard InChI is InChI=1S/C19H21NO3S/c1-18(2)14(19(18,3)4)12-10-24-16(13(12)17(22)23)20-15(21)11-8-6-5-7-9-11/h5-10,14H,1-4H3,(H,20,21)(H,22,23). The fraction of sp³-hybridized carbons (Fsp3) is 0.368. The first-order chi connectivity index (χ1) is 11.2. The van der Waals surface area contributed by atoms with Crippen molar-refractivity contribution in [3.05, 3.63) is 52.4 Å².